The molecule has 0 radical (unpaired) electrons. The summed E-state index contributed by atoms with van der Waals surface area (Å²) in [6.45, 7) is 4.95. The molecule has 90 valence electrons. The Kier molecular flexibility index (Phi) is 3.24. The van der Waals surface area contributed by atoms with Crippen LogP contribution in [0, 0.1) is 0 Å². The fourth-order valence-electron chi connectivity index (χ4n) is 1.56. The van der Waals surface area contributed by atoms with Crippen molar-refractivity contribution in [3.05, 3.63) is 37.1 Å². The Morgan fingerprint density at radius 1 is 1.41 bits per heavy atom. The van der Waals surface area contributed by atoms with Gasteiger partial charge in [-0.1, -0.05) is 0 Å². The van der Waals surface area contributed by atoms with Crippen LogP contribution in [0.2, 0.25) is 0 Å². The lowest BCUT2D eigenvalue weighted by Gasteiger charge is -2.17. The lowest BCUT2D eigenvalue weighted by Crippen LogP contribution is -2.32. The van der Waals surface area contributed by atoms with Crippen LogP contribution in [-0.4, -0.2) is 20.1 Å². The summed E-state index contributed by atoms with van der Waals surface area (Å²) in [6.07, 6.45) is 8.38. The molecule has 4 heteroatoms. The van der Waals surface area contributed by atoms with Gasteiger partial charge in [-0.2, -0.15) is 0 Å². The third kappa shape index (κ3) is 3.39. The molecule has 0 spiro atoms. The Morgan fingerprint density at radius 2 is 2.24 bits per heavy atom. The zero-order valence-corrected chi connectivity index (χ0v) is 10.3. The van der Waals surface area contributed by atoms with Gasteiger partial charge in [0.05, 0.1) is 12.0 Å². The van der Waals surface area contributed by atoms with Gasteiger partial charge in [0.2, 0.25) is 0 Å². The first-order valence-electron chi connectivity index (χ1n) is 5.76. The molecule has 0 aliphatic carbocycles. The van der Waals surface area contributed by atoms with Crippen LogP contribution in [0.5, 0.6) is 0 Å². The average molecular weight is 230 g/mol. The fourth-order valence-corrected chi connectivity index (χ4v) is 1.56. The Hall–Kier alpha value is -1.68. The number of nitrogens with two attached hydrogens (primary N) is 1. The molecule has 0 saturated carbocycles. The maximum atomic E-state index is 5.96. The fraction of sp³-hybridized carbons (Fsp3) is 0.385. The molecular weight excluding hydrogens is 212 g/mol. The van der Waals surface area contributed by atoms with E-state index >= 15 is 0 Å². The normalized spacial score (nSPS) is 11.7. The van der Waals surface area contributed by atoms with Crippen LogP contribution in [-0.2, 0) is 6.54 Å². The van der Waals surface area contributed by atoms with Gasteiger partial charge in [0.15, 0.2) is 0 Å². The molecule has 2 aromatic rings. The zero-order chi connectivity index (χ0) is 12.3. The van der Waals surface area contributed by atoms with E-state index in [0.29, 0.717) is 0 Å². The number of imidazole rings is 1. The van der Waals surface area contributed by atoms with Crippen molar-refractivity contribution in [2.75, 3.05) is 0 Å². The van der Waals surface area contributed by atoms with E-state index in [9.17, 15) is 0 Å². The second-order valence-corrected chi connectivity index (χ2v) is 4.98. The van der Waals surface area contributed by atoms with Gasteiger partial charge in [0.25, 0.3) is 0 Å². The van der Waals surface area contributed by atoms with Crippen LogP contribution in [0.4, 0.5) is 0 Å². The van der Waals surface area contributed by atoms with E-state index in [1.807, 2.05) is 44.7 Å². The Labute approximate surface area is 102 Å². The van der Waals surface area contributed by atoms with Crippen LogP contribution < -0.4 is 5.73 Å². The van der Waals surface area contributed by atoms with Crippen molar-refractivity contribution in [1.82, 2.24) is 14.5 Å². The first-order chi connectivity index (χ1) is 8.04. The molecule has 4 nitrogen and oxygen atoms in total. The highest BCUT2D eigenvalue weighted by molar-refractivity contribution is 5.56. The van der Waals surface area contributed by atoms with Crippen molar-refractivity contribution in [2.45, 2.75) is 32.4 Å². The largest absolute Gasteiger partial charge is 0.337 e. The molecule has 2 aromatic heterocycles. The molecule has 0 bridgehead atoms. The number of pyridine rings is 1. The molecule has 17 heavy (non-hydrogen) atoms. The summed E-state index contributed by atoms with van der Waals surface area (Å²) < 4.78 is 2.07. The highest BCUT2D eigenvalue weighted by Crippen LogP contribution is 2.15. The molecule has 0 aliphatic rings. The standard InChI is InChI=1S/C13H18N4/c1-13(2,14)5-7-17-9-12(16-10-17)11-4-3-6-15-8-11/h3-4,6,8-10H,5,7,14H2,1-2H3. The van der Waals surface area contributed by atoms with Crippen LogP contribution >= 0.6 is 0 Å². The van der Waals surface area contributed by atoms with Gasteiger partial charge in [-0.25, -0.2) is 4.98 Å². The van der Waals surface area contributed by atoms with Gasteiger partial charge >= 0.3 is 0 Å². The Bertz CT molecular complexity index is 468. The summed E-state index contributed by atoms with van der Waals surface area (Å²) in [7, 11) is 0. The number of aryl methyl sites for hydroxylation is 1. The summed E-state index contributed by atoms with van der Waals surface area (Å²) in [5.41, 5.74) is 7.81. The molecule has 2 rings (SSSR count). The van der Waals surface area contributed by atoms with Crippen LogP contribution in [0.1, 0.15) is 20.3 Å². The van der Waals surface area contributed by atoms with Gasteiger partial charge in [0, 0.05) is 36.2 Å². The minimum atomic E-state index is -0.140. The summed E-state index contributed by atoms with van der Waals surface area (Å²) >= 11 is 0. The second-order valence-electron chi connectivity index (χ2n) is 4.98. The smallest absolute Gasteiger partial charge is 0.0953 e. The maximum absolute atomic E-state index is 5.96. The molecule has 0 fully saturated rings. The topological polar surface area (TPSA) is 56.7 Å². The zero-order valence-electron chi connectivity index (χ0n) is 10.3. The molecule has 0 amide bonds. The van der Waals surface area contributed by atoms with Crippen molar-refractivity contribution in [3.63, 3.8) is 0 Å². The summed E-state index contributed by atoms with van der Waals surface area (Å²) in [4.78, 5) is 8.46. The molecule has 0 atom stereocenters. The van der Waals surface area contributed by atoms with Gasteiger partial charge in [0.1, 0.15) is 0 Å². The lowest BCUT2D eigenvalue weighted by atomic mass is 10.0. The van der Waals surface area contributed by atoms with Crippen molar-refractivity contribution >= 4 is 0 Å². The summed E-state index contributed by atoms with van der Waals surface area (Å²) in [5, 5.41) is 0. The molecule has 0 unspecified atom stereocenters. The lowest BCUT2D eigenvalue weighted by molar-refractivity contribution is 0.436. The minimum absolute atomic E-state index is 0.140. The highest BCUT2D eigenvalue weighted by atomic mass is 15.0. The number of hydrogen-bond acceptors (Lipinski definition) is 3. The van der Waals surface area contributed by atoms with Gasteiger partial charge in [-0.05, 0) is 32.4 Å². The minimum Gasteiger partial charge on any atom is -0.337 e. The predicted octanol–water partition coefficient (Wildman–Crippen LogP) is 2.07. The number of hydrogen-bond donors (Lipinski definition) is 1. The van der Waals surface area contributed by atoms with Gasteiger partial charge < -0.3 is 10.3 Å². The molecule has 2 heterocycles. The van der Waals surface area contributed by atoms with Gasteiger partial charge in [-0.3, -0.25) is 4.98 Å². The third-order valence-electron chi connectivity index (χ3n) is 2.60. The van der Waals surface area contributed by atoms with E-state index in [2.05, 4.69) is 14.5 Å². The number of nitrogens with zero attached hydrogens (tertiary/aromatic N) is 3. The molecule has 0 aromatic carbocycles. The Balaban J connectivity index is 2.07. The second kappa shape index (κ2) is 4.67. The van der Waals surface area contributed by atoms with Crippen molar-refractivity contribution in [2.24, 2.45) is 5.73 Å². The van der Waals surface area contributed by atoms with Crippen molar-refractivity contribution in [3.8, 4) is 11.3 Å². The maximum Gasteiger partial charge on any atom is 0.0953 e. The van der Waals surface area contributed by atoms with E-state index in [0.717, 1.165) is 24.2 Å². The monoisotopic (exact) mass is 230 g/mol. The summed E-state index contributed by atoms with van der Waals surface area (Å²) in [5.74, 6) is 0. The van der Waals surface area contributed by atoms with Crippen LogP contribution in [0.15, 0.2) is 37.1 Å². The highest BCUT2D eigenvalue weighted by Gasteiger charge is 2.10. The van der Waals surface area contributed by atoms with Crippen molar-refractivity contribution in [1.29, 1.82) is 0 Å². The van der Waals surface area contributed by atoms with E-state index in [1.54, 1.807) is 6.20 Å². The SMILES string of the molecule is CC(C)(N)CCn1cnc(-c2cccnc2)c1. The van der Waals surface area contributed by atoms with Crippen molar-refractivity contribution < 1.29 is 0 Å². The molecule has 0 saturated heterocycles. The number of aromatic nitrogens is 3. The average Bonchev–Trinajstić information content (AvgIpc) is 2.75. The predicted molar refractivity (Wildman–Crippen MR) is 68.3 cm³/mol. The summed E-state index contributed by atoms with van der Waals surface area (Å²) in [6, 6.07) is 3.92. The van der Waals surface area contributed by atoms with E-state index in [1.165, 1.54) is 0 Å². The molecule has 2 N–H and O–H groups in total. The first-order valence-corrected chi connectivity index (χ1v) is 5.76. The van der Waals surface area contributed by atoms with Crippen LogP contribution in [0.3, 0.4) is 0 Å². The first kappa shape index (κ1) is 11.8. The van der Waals surface area contributed by atoms with E-state index in [-0.39, 0.29) is 5.54 Å². The van der Waals surface area contributed by atoms with E-state index < -0.39 is 0 Å². The van der Waals surface area contributed by atoms with Crippen LogP contribution in [0.25, 0.3) is 11.3 Å². The Morgan fingerprint density at radius 3 is 2.88 bits per heavy atom. The van der Waals surface area contributed by atoms with E-state index in [4.69, 9.17) is 5.73 Å². The third-order valence-corrected chi connectivity index (χ3v) is 2.60. The van der Waals surface area contributed by atoms with Gasteiger partial charge in [-0.15, -0.1) is 0 Å². The molecule has 0 aliphatic heterocycles. The number of rotatable bonds is 4. The quantitative estimate of drug-likeness (QED) is 0.874. The molecular formula is C13H18N4.